The van der Waals surface area contributed by atoms with Crippen LogP contribution in [0.2, 0.25) is 0 Å². The molecule has 1 atom stereocenters. The molecular weight excluding hydrogens is 227 g/mol. The monoisotopic (exact) mass is 238 g/mol. The van der Waals surface area contributed by atoms with Gasteiger partial charge in [-0.25, -0.2) is 9.49 Å². The third-order valence-corrected chi connectivity index (χ3v) is 2.58. The molecule has 0 aliphatic heterocycles. The van der Waals surface area contributed by atoms with Gasteiger partial charge in [0.05, 0.1) is 0 Å². The number of aromatic amines is 1. The van der Waals surface area contributed by atoms with Gasteiger partial charge in [-0.1, -0.05) is 19.1 Å². The van der Waals surface area contributed by atoms with E-state index in [1.807, 2.05) is 6.92 Å². The molecule has 0 aliphatic carbocycles. The molecule has 3 nitrogen and oxygen atoms in total. The van der Waals surface area contributed by atoms with Crippen LogP contribution in [-0.2, 0) is 6.42 Å². The fraction of sp³-hybridized carbons (Fsp3) is 0.273. The summed E-state index contributed by atoms with van der Waals surface area (Å²) in [5.41, 5.74) is 1.05. The average Bonchev–Trinajstić information content (AvgIpc) is 2.65. The molecule has 0 bridgehead atoms. The van der Waals surface area contributed by atoms with Crippen molar-refractivity contribution in [3.63, 3.8) is 0 Å². The topological polar surface area (TPSA) is 41.8 Å². The van der Waals surface area contributed by atoms with Gasteiger partial charge in [-0.2, -0.15) is 0 Å². The highest BCUT2D eigenvalue weighted by molar-refractivity contribution is 7.71. The lowest BCUT2D eigenvalue weighted by atomic mass is 9.98. The maximum absolute atomic E-state index is 12.7. The van der Waals surface area contributed by atoms with Crippen LogP contribution in [-0.4, -0.2) is 10.2 Å². The molecule has 0 radical (unpaired) electrons. The Morgan fingerprint density at radius 3 is 2.69 bits per heavy atom. The lowest BCUT2D eigenvalue weighted by molar-refractivity contribution is 0.466. The zero-order valence-corrected chi connectivity index (χ0v) is 9.55. The van der Waals surface area contributed by atoms with Crippen LogP contribution in [0.15, 0.2) is 28.7 Å². The molecule has 16 heavy (non-hydrogen) atoms. The molecule has 1 aromatic heterocycles. The number of halogens is 1. The Bertz CT molecular complexity index is 517. The summed E-state index contributed by atoms with van der Waals surface area (Å²) >= 11 is 4.79. The molecule has 0 amide bonds. The van der Waals surface area contributed by atoms with Crippen LogP contribution in [0.5, 0.6) is 0 Å². The minimum Gasteiger partial charge on any atom is -0.414 e. The van der Waals surface area contributed by atoms with Crippen molar-refractivity contribution < 1.29 is 8.81 Å². The Hall–Kier alpha value is -1.49. The van der Waals surface area contributed by atoms with Crippen molar-refractivity contribution in [2.24, 2.45) is 0 Å². The number of nitrogens with zero attached hydrogens (tertiary/aromatic N) is 1. The highest BCUT2D eigenvalue weighted by atomic mass is 32.1. The average molecular weight is 238 g/mol. The molecule has 1 aromatic carbocycles. The van der Waals surface area contributed by atoms with Crippen molar-refractivity contribution in [1.82, 2.24) is 10.2 Å². The third kappa shape index (κ3) is 2.55. The number of benzene rings is 1. The van der Waals surface area contributed by atoms with Crippen LogP contribution in [0.3, 0.4) is 0 Å². The minimum atomic E-state index is -0.228. The van der Waals surface area contributed by atoms with Crippen molar-refractivity contribution in [2.75, 3.05) is 0 Å². The van der Waals surface area contributed by atoms with E-state index in [2.05, 4.69) is 10.2 Å². The number of H-pyrrole nitrogens is 1. The van der Waals surface area contributed by atoms with Gasteiger partial charge in [-0.3, -0.25) is 0 Å². The number of rotatable bonds is 3. The van der Waals surface area contributed by atoms with Gasteiger partial charge in [0.1, 0.15) is 5.82 Å². The smallest absolute Gasteiger partial charge is 0.284 e. The molecule has 0 saturated carbocycles. The number of hydrogen-bond donors (Lipinski definition) is 1. The fourth-order valence-electron chi connectivity index (χ4n) is 1.52. The number of hydrogen-bond acceptors (Lipinski definition) is 3. The van der Waals surface area contributed by atoms with Gasteiger partial charge in [0.25, 0.3) is 4.84 Å². The summed E-state index contributed by atoms with van der Waals surface area (Å²) in [6.45, 7) is 2.03. The molecule has 5 heteroatoms. The zero-order chi connectivity index (χ0) is 11.5. The molecule has 2 aromatic rings. The van der Waals surface area contributed by atoms with Crippen molar-refractivity contribution in [3.05, 3.63) is 46.4 Å². The molecule has 1 unspecified atom stereocenters. The predicted octanol–water partition coefficient (Wildman–Crippen LogP) is 3.22. The second kappa shape index (κ2) is 4.57. The third-order valence-electron chi connectivity index (χ3n) is 2.40. The van der Waals surface area contributed by atoms with Gasteiger partial charge in [0, 0.05) is 6.42 Å². The van der Waals surface area contributed by atoms with E-state index in [1.165, 1.54) is 12.1 Å². The SMILES string of the molecule is CC(Cc1n[nH]c(=S)o1)c1ccc(F)cc1. The largest absolute Gasteiger partial charge is 0.414 e. The summed E-state index contributed by atoms with van der Waals surface area (Å²) in [5, 5.41) is 6.50. The van der Waals surface area contributed by atoms with Gasteiger partial charge in [0.2, 0.25) is 5.89 Å². The van der Waals surface area contributed by atoms with Crippen LogP contribution in [0.1, 0.15) is 24.3 Å². The predicted molar refractivity (Wildman–Crippen MR) is 60.2 cm³/mol. The molecule has 1 heterocycles. The molecule has 0 spiro atoms. The standard InChI is InChI=1S/C11H11FN2OS/c1-7(6-10-13-14-11(16)15-10)8-2-4-9(12)5-3-8/h2-5,7H,6H2,1H3,(H,14,16). The van der Waals surface area contributed by atoms with E-state index < -0.39 is 0 Å². The van der Waals surface area contributed by atoms with E-state index >= 15 is 0 Å². The van der Waals surface area contributed by atoms with E-state index in [-0.39, 0.29) is 16.6 Å². The van der Waals surface area contributed by atoms with Crippen LogP contribution in [0.4, 0.5) is 4.39 Å². The molecule has 1 N–H and O–H groups in total. The fourth-order valence-corrected chi connectivity index (χ4v) is 1.66. The summed E-state index contributed by atoms with van der Waals surface area (Å²) in [5.74, 6) is 0.553. The van der Waals surface area contributed by atoms with Crippen LogP contribution >= 0.6 is 12.2 Å². The maximum atomic E-state index is 12.7. The second-order valence-corrected chi connectivity index (χ2v) is 4.03. The summed E-state index contributed by atoms with van der Waals surface area (Å²) in [4.78, 5) is 0.279. The highest BCUT2D eigenvalue weighted by Gasteiger charge is 2.10. The first-order chi connectivity index (χ1) is 7.65. The van der Waals surface area contributed by atoms with E-state index in [4.69, 9.17) is 16.6 Å². The van der Waals surface area contributed by atoms with Gasteiger partial charge >= 0.3 is 0 Å². The summed E-state index contributed by atoms with van der Waals surface area (Å²) in [6.07, 6.45) is 0.638. The van der Waals surface area contributed by atoms with Crippen molar-refractivity contribution in [2.45, 2.75) is 19.3 Å². The Morgan fingerprint density at radius 1 is 1.44 bits per heavy atom. The Morgan fingerprint density at radius 2 is 2.12 bits per heavy atom. The number of aromatic nitrogens is 2. The molecule has 0 saturated heterocycles. The van der Waals surface area contributed by atoms with E-state index in [0.29, 0.717) is 12.3 Å². The first-order valence-electron chi connectivity index (χ1n) is 4.95. The van der Waals surface area contributed by atoms with E-state index in [0.717, 1.165) is 5.56 Å². The Kier molecular flexibility index (Phi) is 3.14. The lowest BCUT2D eigenvalue weighted by Crippen LogP contribution is -1.98. The van der Waals surface area contributed by atoms with Crippen LogP contribution in [0.25, 0.3) is 0 Å². The Balaban J connectivity index is 2.11. The molecular formula is C11H11FN2OS. The number of nitrogens with one attached hydrogen (secondary N) is 1. The van der Waals surface area contributed by atoms with Crippen LogP contribution in [0, 0.1) is 10.7 Å². The normalized spacial score (nSPS) is 12.6. The lowest BCUT2D eigenvalue weighted by Gasteiger charge is -2.08. The molecule has 0 fully saturated rings. The van der Waals surface area contributed by atoms with Crippen molar-refractivity contribution >= 4 is 12.2 Å². The van der Waals surface area contributed by atoms with Crippen molar-refractivity contribution in [1.29, 1.82) is 0 Å². The Labute approximate surface area is 97.3 Å². The van der Waals surface area contributed by atoms with Gasteiger partial charge in [0.15, 0.2) is 0 Å². The summed E-state index contributed by atoms with van der Waals surface area (Å²) in [6, 6.07) is 6.43. The first kappa shape index (κ1) is 11.0. The van der Waals surface area contributed by atoms with Gasteiger partial charge < -0.3 is 4.42 Å². The zero-order valence-electron chi connectivity index (χ0n) is 8.74. The quantitative estimate of drug-likeness (QED) is 0.835. The maximum Gasteiger partial charge on any atom is 0.284 e. The van der Waals surface area contributed by atoms with Crippen molar-refractivity contribution in [3.8, 4) is 0 Å². The summed E-state index contributed by atoms with van der Waals surface area (Å²) in [7, 11) is 0. The minimum absolute atomic E-state index is 0.210. The molecule has 0 aliphatic rings. The second-order valence-electron chi connectivity index (χ2n) is 3.66. The van der Waals surface area contributed by atoms with E-state index in [9.17, 15) is 4.39 Å². The molecule has 2 rings (SSSR count). The molecule has 84 valence electrons. The van der Waals surface area contributed by atoms with Crippen LogP contribution < -0.4 is 0 Å². The van der Waals surface area contributed by atoms with Gasteiger partial charge in [-0.15, -0.1) is 5.10 Å². The highest BCUT2D eigenvalue weighted by Crippen LogP contribution is 2.19. The summed E-state index contributed by atoms with van der Waals surface area (Å²) < 4.78 is 17.9. The van der Waals surface area contributed by atoms with E-state index in [1.54, 1.807) is 12.1 Å². The first-order valence-corrected chi connectivity index (χ1v) is 5.36. The van der Waals surface area contributed by atoms with Gasteiger partial charge in [-0.05, 0) is 35.8 Å².